The largest absolute Gasteiger partial charge is 0.465 e. The molecule has 0 saturated heterocycles. The fourth-order valence-electron chi connectivity index (χ4n) is 1.52. The van der Waals surface area contributed by atoms with Crippen molar-refractivity contribution in [3.05, 3.63) is 46.5 Å². The van der Waals surface area contributed by atoms with Crippen molar-refractivity contribution in [3.8, 4) is 0 Å². The Morgan fingerprint density at radius 3 is 2.35 bits per heavy atom. The normalized spacial score (nSPS) is 9.65. The van der Waals surface area contributed by atoms with Crippen LogP contribution in [0.15, 0.2) is 29.8 Å². The van der Waals surface area contributed by atoms with Crippen molar-refractivity contribution in [2.75, 3.05) is 7.11 Å². The molecule has 3 heteroatoms. The molecular formula is C14H16O3. The maximum atomic E-state index is 11.8. The fraction of sp³-hybridized carbons (Fsp3) is 0.286. The number of aryl methyl sites for hydroxylation is 1. The number of esters is 1. The Kier molecular flexibility index (Phi) is 4.21. The zero-order valence-corrected chi connectivity index (χ0v) is 10.5. The van der Waals surface area contributed by atoms with Crippen LogP contribution in [-0.2, 0) is 4.74 Å². The van der Waals surface area contributed by atoms with Gasteiger partial charge in [0.05, 0.1) is 12.7 Å². The van der Waals surface area contributed by atoms with Crippen molar-refractivity contribution in [2.45, 2.75) is 20.8 Å². The predicted molar refractivity (Wildman–Crippen MR) is 66.3 cm³/mol. The molecule has 0 aromatic heterocycles. The van der Waals surface area contributed by atoms with E-state index >= 15 is 0 Å². The number of hydrogen-bond acceptors (Lipinski definition) is 3. The Morgan fingerprint density at radius 1 is 1.24 bits per heavy atom. The summed E-state index contributed by atoms with van der Waals surface area (Å²) in [4.78, 5) is 23.1. The first-order valence-electron chi connectivity index (χ1n) is 5.34. The van der Waals surface area contributed by atoms with Crippen molar-refractivity contribution in [1.82, 2.24) is 0 Å². The summed E-state index contributed by atoms with van der Waals surface area (Å²) in [6.07, 6.45) is 1.58. The lowest BCUT2D eigenvalue weighted by molar-refractivity contribution is 0.0600. The molecule has 17 heavy (non-hydrogen) atoms. The number of allylic oxidation sites excluding steroid dienone is 2. The molecule has 0 spiro atoms. The molecule has 0 amide bonds. The monoisotopic (exact) mass is 232 g/mol. The van der Waals surface area contributed by atoms with Crippen LogP contribution in [-0.4, -0.2) is 18.9 Å². The van der Waals surface area contributed by atoms with E-state index in [2.05, 4.69) is 4.74 Å². The molecule has 90 valence electrons. The number of carbonyl (C=O) groups excluding carboxylic acids is 2. The zero-order valence-electron chi connectivity index (χ0n) is 10.5. The van der Waals surface area contributed by atoms with E-state index in [4.69, 9.17) is 0 Å². The number of hydrogen-bond donors (Lipinski definition) is 0. The molecule has 0 bridgehead atoms. The van der Waals surface area contributed by atoms with E-state index in [1.54, 1.807) is 31.2 Å². The van der Waals surface area contributed by atoms with Gasteiger partial charge in [-0.15, -0.1) is 0 Å². The molecule has 1 rings (SSSR count). The van der Waals surface area contributed by atoms with Crippen molar-refractivity contribution < 1.29 is 14.3 Å². The summed E-state index contributed by atoms with van der Waals surface area (Å²) in [5, 5.41) is 0. The summed E-state index contributed by atoms with van der Waals surface area (Å²) in [5.74, 6) is -0.437. The summed E-state index contributed by atoms with van der Waals surface area (Å²) in [7, 11) is 1.33. The van der Waals surface area contributed by atoms with E-state index in [1.165, 1.54) is 7.11 Å². The molecule has 0 N–H and O–H groups in total. The van der Waals surface area contributed by atoms with Gasteiger partial charge in [-0.3, -0.25) is 4.79 Å². The second-order valence-corrected chi connectivity index (χ2v) is 4.11. The van der Waals surface area contributed by atoms with E-state index in [0.29, 0.717) is 11.1 Å². The summed E-state index contributed by atoms with van der Waals surface area (Å²) >= 11 is 0. The van der Waals surface area contributed by atoms with Gasteiger partial charge >= 0.3 is 5.97 Å². The maximum absolute atomic E-state index is 11.8. The first-order chi connectivity index (χ1) is 7.95. The van der Waals surface area contributed by atoms with Gasteiger partial charge in [-0.1, -0.05) is 5.57 Å². The highest BCUT2D eigenvalue weighted by molar-refractivity contribution is 6.06. The molecular weight excluding hydrogens is 216 g/mol. The molecule has 1 aromatic carbocycles. The Labute approximate surface area is 101 Å². The number of carbonyl (C=O) groups is 2. The van der Waals surface area contributed by atoms with Crippen molar-refractivity contribution in [2.24, 2.45) is 0 Å². The van der Waals surface area contributed by atoms with Gasteiger partial charge in [0.1, 0.15) is 0 Å². The van der Waals surface area contributed by atoms with E-state index in [1.807, 2.05) is 13.8 Å². The fourth-order valence-corrected chi connectivity index (χ4v) is 1.52. The number of benzene rings is 1. The van der Waals surface area contributed by atoms with Crippen LogP contribution in [0.3, 0.4) is 0 Å². The van der Waals surface area contributed by atoms with Crippen LogP contribution in [0.1, 0.15) is 40.1 Å². The number of ether oxygens (including phenoxy) is 1. The average Bonchev–Trinajstić information content (AvgIpc) is 2.26. The topological polar surface area (TPSA) is 43.4 Å². The summed E-state index contributed by atoms with van der Waals surface area (Å²) < 4.78 is 4.62. The van der Waals surface area contributed by atoms with Gasteiger partial charge in [-0.05, 0) is 50.6 Å². The second kappa shape index (κ2) is 5.43. The lowest BCUT2D eigenvalue weighted by Gasteiger charge is -2.05. The van der Waals surface area contributed by atoms with Gasteiger partial charge in [0.15, 0.2) is 5.78 Å². The first kappa shape index (κ1) is 13.2. The van der Waals surface area contributed by atoms with Gasteiger partial charge < -0.3 is 4.74 Å². The summed E-state index contributed by atoms with van der Waals surface area (Å²) in [6, 6.07) is 4.92. The maximum Gasteiger partial charge on any atom is 0.337 e. The minimum atomic E-state index is -0.394. The van der Waals surface area contributed by atoms with Crippen LogP contribution >= 0.6 is 0 Å². The Morgan fingerprint density at radius 2 is 1.88 bits per heavy atom. The summed E-state index contributed by atoms with van der Waals surface area (Å²) in [5.41, 5.74) is 2.79. The van der Waals surface area contributed by atoms with Crippen LogP contribution in [0.5, 0.6) is 0 Å². The standard InChI is InChI=1S/C14H16O3/c1-9(2)7-13(15)12-6-5-11(8-10(12)3)14(16)17-4/h5-8H,1-4H3. The lowest BCUT2D eigenvalue weighted by atomic mass is 10.0. The quantitative estimate of drug-likeness (QED) is 0.457. The molecule has 0 heterocycles. The SMILES string of the molecule is COC(=O)c1ccc(C(=O)C=C(C)C)c(C)c1. The van der Waals surface area contributed by atoms with Crippen LogP contribution < -0.4 is 0 Å². The van der Waals surface area contributed by atoms with Crippen LogP contribution in [0, 0.1) is 6.92 Å². The first-order valence-corrected chi connectivity index (χ1v) is 5.34. The van der Waals surface area contributed by atoms with E-state index in [-0.39, 0.29) is 5.78 Å². The molecule has 0 fully saturated rings. The highest BCUT2D eigenvalue weighted by atomic mass is 16.5. The van der Waals surface area contributed by atoms with Gasteiger partial charge in [-0.25, -0.2) is 4.79 Å². The summed E-state index contributed by atoms with van der Waals surface area (Å²) in [6.45, 7) is 5.55. The third kappa shape index (κ3) is 3.28. The van der Waals surface area contributed by atoms with Crippen LogP contribution in [0.4, 0.5) is 0 Å². The van der Waals surface area contributed by atoms with Crippen molar-refractivity contribution in [1.29, 1.82) is 0 Å². The molecule has 0 aliphatic carbocycles. The highest BCUT2D eigenvalue weighted by Crippen LogP contribution is 2.14. The number of methoxy groups -OCH3 is 1. The Balaban J connectivity index is 3.10. The predicted octanol–water partition coefficient (Wildman–Crippen LogP) is 2.93. The van der Waals surface area contributed by atoms with E-state index < -0.39 is 5.97 Å². The van der Waals surface area contributed by atoms with Gasteiger partial charge in [0.25, 0.3) is 0 Å². The van der Waals surface area contributed by atoms with Crippen LogP contribution in [0.2, 0.25) is 0 Å². The molecule has 0 atom stereocenters. The smallest absolute Gasteiger partial charge is 0.337 e. The molecule has 3 nitrogen and oxygen atoms in total. The molecule has 0 unspecified atom stereocenters. The van der Waals surface area contributed by atoms with Gasteiger partial charge in [0, 0.05) is 5.56 Å². The van der Waals surface area contributed by atoms with E-state index in [0.717, 1.165) is 11.1 Å². The number of ketones is 1. The molecule has 0 aliphatic heterocycles. The lowest BCUT2D eigenvalue weighted by Crippen LogP contribution is -2.04. The third-order valence-electron chi connectivity index (χ3n) is 2.33. The van der Waals surface area contributed by atoms with Crippen molar-refractivity contribution in [3.63, 3.8) is 0 Å². The number of rotatable bonds is 3. The van der Waals surface area contributed by atoms with E-state index in [9.17, 15) is 9.59 Å². The zero-order chi connectivity index (χ0) is 13.0. The Bertz CT molecular complexity index is 480. The molecule has 0 radical (unpaired) electrons. The average molecular weight is 232 g/mol. The molecule has 1 aromatic rings. The highest BCUT2D eigenvalue weighted by Gasteiger charge is 2.10. The minimum Gasteiger partial charge on any atom is -0.465 e. The Hall–Kier alpha value is -1.90. The van der Waals surface area contributed by atoms with Crippen molar-refractivity contribution >= 4 is 11.8 Å². The van der Waals surface area contributed by atoms with Gasteiger partial charge in [0.2, 0.25) is 0 Å². The van der Waals surface area contributed by atoms with Crippen LogP contribution in [0.25, 0.3) is 0 Å². The second-order valence-electron chi connectivity index (χ2n) is 4.11. The minimum absolute atomic E-state index is 0.0427. The van der Waals surface area contributed by atoms with Gasteiger partial charge in [-0.2, -0.15) is 0 Å². The molecule has 0 saturated carbocycles. The third-order valence-corrected chi connectivity index (χ3v) is 2.33. The molecule has 0 aliphatic rings.